The van der Waals surface area contributed by atoms with Crippen molar-refractivity contribution in [2.24, 2.45) is 0 Å². The largest absolute Gasteiger partial charge is 0.496 e. The van der Waals surface area contributed by atoms with Crippen LogP contribution in [0.1, 0.15) is 28.1 Å². The average Bonchev–Trinajstić information content (AvgIpc) is 3.08. The van der Waals surface area contributed by atoms with Crippen molar-refractivity contribution in [1.82, 2.24) is 24.3 Å². The van der Waals surface area contributed by atoms with Gasteiger partial charge in [-0.15, -0.1) is 10.2 Å². The van der Waals surface area contributed by atoms with Crippen LogP contribution < -0.4 is 9.64 Å². The fourth-order valence-electron chi connectivity index (χ4n) is 4.11. The first-order valence-corrected chi connectivity index (χ1v) is 12.4. The summed E-state index contributed by atoms with van der Waals surface area (Å²) in [7, 11) is -2.01. The van der Waals surface area contributed by atoms with Gasteiger partial charge >= 0.3 is 0 Å². The summed E-state index contributed by atoms with van der Waals surface area (Å²) in [4.78, 5) is 2.39. The highest BCUT2D eigenvalue weighted by Gasteiger charge is 2.31. The highest BCUT2D eigenvalue weighted by Crippen LogP contribution is 2.29. The number of aryl methyl sites for hydroxylation is 1. The molecule has 0 atom stereocenters. The summed E-state index contributed by atoms with van der Waals surface area (Å²) < 4.78 is 35.2. The van der Waals surface area contributed by atoms with Crippen molar-refractivity contribution in [3.63, 3.8) is 0 Å². The minimum absolute atomic E-state index is 0.332. The maximum Gasteiger partial charge on any atom is 0.243 e. The molecule has 0 unspecified atom stereocenters. The number of hydrogen-bond donors (Lipinski definition) is 0. The summed E-state index contributed by atoms with van der Waals surface area (Å²) in [5.41, 5.74) is 4.71. The lowest BCUT2D eigenvalue weighted by molar-refractivity contribution is 0.382. The molecule has 176 valence electrons. The first-order chi connectivity index (χ1) is 15.6. The second-order valence-corrected chi connectivity index (χ2v) is 10.3. The molecule has 0 amide bonds. The lowest BCUT2D eigenvalue weighted by Crippen LogP contribution is -2.49. The Balaban J connectivity index is 1.48. The molecule has 0 saturated carbocycles. The minimum atomic E-state index is -3.59. The van der Waals surface area contributed by atoms with Gasteiger partial charge in [0.05, 0.1) is 17.7 Å². The molecule has 2 aromatic heterocycles. The van der Waals surface area contributed by atoms with E-state index in [1.54, 1.807) is 23.9 Å². The second kappa shape index (κ2) is 8.75. The summed E-state index contributed by atoms with van der Waals surface area (Å²) in [5, 5.41) is 13.3. The van der Waals surface area contributed by atoms with E-state index < -0.39 is 10.0 Å². The number of ether oxygens (including phenoxy) is 1. The van der Waals surface area contributed by atoms with Gasteiger partial charge < -0.3 is 9.64 Å². The van der Waals surface area contributed by atoms with E-state index in [2.05, 4.69) is 20.2 Å². The van der Waals surface area contributed by atoms with Gasteiger partial charge in [0.15, 0.2) is 11.6 Å². The van der Waals surface area contributed by atoms with E-state index in [9.17, 15) is 8.42 Å². The Labute approximate surface area is 195 Å². The van der Waals surface area contributed by atoms with Crippen LogP contribution in [-0.4, -0.2) is 66.0 Å². The molecule has 33 heavy (non-hydrogen) atoms. The monoisotopic (exact) mass is 470 g/mol. The van der Waals surface area contributed by atoms with Gasteiger partial charge in [-0.05, 0) is 75.6 Å². The molecule has 0 spiro atoms. The number of piperazine rings is 1. The lowest BCUT2D eigenvalue weighted by atomic mass is 10.1. The third-order valence-electron chi connectivity index (χ3n) is 6.59. The van der Waals surface area contributed by atoms with Gasteiger partial charge in [-0.25, -0.2) is 13.1 Å². The molecule has 9 nitrogen and oxygen atoms in total. The molecule has 0 N–H and O–H groups in total. The maximum absolute atomic E-state index is 13.3. The number of sulfonamides is 1. The predicted octanol–water partition coefficient (Wildman–Crippen LogP) is 2.72. The SMILES string of the molecule is COc1ccc(S(=O)(=O)N2CCN(c3ccc(-n4nc(C)c(C)c4C)nn3)CC2)c(C)c1C. The summed E-state index contributed by atoms with van der Waals surface area (Å²) >= 11 is 0. The van der Waals surface area contributed by atoms with Crippen LogP contribution in [0.4, 0.5) is 5.82 Å². The second-order valence-electron chi connectivity index (χ2n) is 8.36. The van der Waals surface area contributed by atoms with Crippen molar-refractivity contribution in [3.8, 4) is 11.6 Å². The summed E-state index contributed by atoms with van der Waals surface area (Å²) in [6.45, 7) is 11.6. The van der Waals surface area contributed by atoms with Crippen LogP contribution in [0.5, 0.6) is 5.75 Å². The number of rotatable bonds is 5. The fraction of sp³-hybridized carbons (Fsp3) is 0.435. The minimum Gasteiger partial charge on any atom is -0.496 e. The Hall–Kier alpha value is -2.98. The normalized spacial score (nSPS) is 15.2. The molecule has 0 aliphatic carbocycles. The van der Waals surface area contributed by atoms with Crippen LogP contribution in [0, 0.1) is 34.6 Å². The highest BCUT2D eigenvalue weighted by molar-refractivity contribution is 7.89. The van der Waals surface area contributed by atoms with E-state index in [1.807, 2.05) is 46.8 Å². The number of nitrogens with zero attached hydrogens (tertiary/aromatic N) is 6. The van der Waals surface area contributed by atoms with E-state index in [1.165, 1.54) is 4.31 Å². The van der Waals surface area contributed by atoms with Crippen molar-refractivity contribution >= 4 is 15.8 Å². The highest BCUT2D eigenvalue weighted by atomic mass is 32.2. The molecule has 1 aliphatic heterocycles. The smallest absolute Gasteiger partial charge is 0.243 e. The maximum atomic E-state index is 13.3. The van der Waals surface area contributed by atoms with Gasteiger partial charge in [0.1, 0.15) is 5.75 Å². The molecule has 3 heterocycles. The number of anilines is 1. The van der Waals surface area contributed by atoms with Crippen molar-refractivity contribution in [3.05, 3.63) is 52.3 Å². The Morgan fingerprint density at radius 2 is 1.45 bits per heavy atom. The lowest BCUT2D eigenvalue weighted by Gasteiger charge is -2.34. The topological polar surface area (TPSA) is 93.5 Å². The molecule has 0 radical (unpaired) electrons. The predicted molar refractivity (Wildman–Crippen MR) is 127 cm³/mol. The quantitative estimate of drug-likeness (QED) is 0.566. The fourth-order valence-corrected chi connectivity index (χ4v) is 5.81. The van der Waals surface area contributed by atoms with Crippen LogP contribution in [0.3, 0.4) is 0 Å². The molecular weight excluding hydrogens is 440 g/mol. The molecule has 1 fully saturated rings. The number of hydrogen-bond acceptors (Lipinski definition) is 7. The van der Waals surface area contributed by atoms with E-state index >= 15 is 0 Å². The van der Waals surface area contributed by atoms with Crippen LogP contribution in [-0.2, 0) is 10.0 Å². The van der Waals surface area contributed by atoms with Crippen molar-refractivity contribution < 1.29 is 13.2 Å². The third-order valence-corrected chi connectivity index (χ3v) is 8.64. The Kier molecular flexibility index (Phi) is 6.15. The molecule has 1 aliphatic rings. The average molecular weight is 471 g/mol. The number of methoxy groups -OCH3 is 1. The zero-order chi connectivity index (χ0) is 23.9. The van der Waals surface area contributed by atoms with Gasteiger partial charge in [0.25, 0.3) is 0 Å². The number of aromatic nitrogens is 4. The van der Waals surface area contributed by atoms with Crippen LogP contribution in [0.25, 0.3) is 5.82 Å². The molecule has 0 bridgehead atoms. The number of benzene rings is 1. The molecule has 10 heteroatoms. The van der Waals surface area contributed by atoms with Crippen LogP contribution in [0.2, 0.25) is 0 Å². The van der Waals surface area contributed by atoms with Crippen molar-refractivity contribution in [2.45, 2.75) is 39.5 Å². The Morgan fingerprint density at radius 1 is 0.818 bits per heavy atom. The Bertz CT molecular complexity index is 1280. The van der Waals surface area contributed by atoms with E-state index in [0.717, 1.165) is 33.9 Å². The van der Waals surface area contributed by atoms with Crippen molar-refractivity contribution in [2.75, 3.05) is 38.2 Å². The summed E-state index contributed by atoms with van der Waals surface area (Å²) in [6.07, 6.45) is 0. The molecule has 4 rings (SSSR count). The van der Waals surface area contributed by atoms with E-state index in [-0.39, 0.29) is 0 Å². The summed E-state index contributed by atoms with van der Waals surface area (Å²) in [5.74, 6) is 2.08. The molecule has 1 saturated heterocycles. The summed E-state index contributed by atoms with van der Waals surface area (Å²) in [6, 6.07) is 7.16. The van der Waals surface area contributed by atoms with E-state index in [0.29, 0.717) is 42.6 Å². The van der Waals surface area contributed by atoms with E-state index in [4.69, 9.17) is 4.74 Å². The van der Waals surface area contributed by atoms with Gasteiger partial charge in [-0.3, -0.25) is 0 Å². The Morgan fingerprint density at radius 3 is 2.00 bits per heavy atom. The van der Waals surface area contributed by atoms with Crippen LogP contribution in [0.15, 0.2) is 29.2 Å². The molecule has 3 aromatic rings. The van der Waals surface area contributed by atoms with Gasteiger partial charge in [-0.2, -0.15) is 9.40 Å². The zero-order valence-corrected chi connectivity index (χ0v) is 20.8. The third kappa shape index (κ3) is 4.08. The molecule has 1 aromatic carbocycles. The first-order valence-electron chi connectivity index (χ1n) is 10.9. The molecular formula is C23H30N6O3S. The van der Waals surface area contributed by atoms with Crippen LogP contribution >= 0.6 is 0 Å². The van der Waals surface area contributed by atoms with Gasteiger partial charge in [-0.1, -0.05) is 0 Å². The standard InChI is InChI=1S/C23H30N6O3S/c1-15-16(2)21(8-7-20(15)32-6)33(30,31)28-13-11-27(12-14-28)22-9-10-23(25-24-22)29-19(5)17(3)18(4)26-29/h7-10H,11-14H2,1-6H3. The van der Waals surface area contributed by atoms with Gasteiger partial charge in [0.2, 0.25) is 10.0 Å². The van der Waals surface area contributed by atoms with Gasteiger partial charge in [0, 0.05) is 31.9 Å². The zero-order valence-electron chi connectivity index (χ0n) is 20.0. The van der Waals surface area contributed by atoms with Crippen molar-refractivity contribution in [1.29, 1.82) is 0 Å². The first kappa shape index (κ1) is 23.2.